The summed E-state index contributed by atoms with van der Waals surface area (Å²) < 4.78 is 5.26. The van der Waals surface area contributed by atoms with Crippen LogP contribution < -0.4 is 15.4 Å². The fourth-order valence-corrected chi connectivity index (χ4v) is 2.99. The zero-order valence-electron chi connectivity index (χ0n) is 16.8. The fourth-order valence-electron chi connectivity index (χ4n) is 2.99. The lowest BCUT2D eigenvalue weighted by molar-refractivity contribution is -0.124. The molecule has 150 valence electrons. The van der Waals surface area contributed by atoms with Gasteiger partial charge in [0, 0.05) is 0 Å². The van der Waals surface area contributed by atoms with Gasteiger partial charge in [0.05, 0.1) is 31.9 Å². The van der Waals surface area contributed by atoms with Crippen LogP contribution in [-0.2, 0) is 9.59 Å². The monoisotopic (exact) mass is 383 g/mol. The molecule has 0 saturated carbocycles. The Bertz CT molecular complexity index is 765. The highest BCUT2D eigenvalue weighted by Crippen LogP contribution is 2.22. The molecule has 28 heavy (non-hydrogen) atoms. The first-order valence-corrected chi connectivity index (χ1v) is 9.53. The summed E-state index contributed by atoms with van der Waals surface area (Å²) in [7, 11) is 1.56. The van der Waals surface area contributed by atoms with Gasteiger partial charge in [-0.2, -0.15) is 0 Å². The highest BCUT2D eigenvalue weighted by Gasteiger charge is 2.17. The number of rotatable bonds is 10. The van der Waals surface area contributed by atoms with Crippen LogP contribution in [-0.4, -0.2) is 43.5 Å². The lowest BCUT2D eigenvalue weighted by atomic mass is 10.1. The zero-order chi connectivity index (χ0) is 20.4. The zero-order valence-corrected chi connectivity index (χ0v) is 16.8. The first-order valence-electron chi connectivity index (χ1n) is 9.53. The van der Waals surface area contributed by atoms with E-state index < -0.39 is 0 Å². The third-order valence-corrected chi connectivity index (χ3v) is 4.33. The summed E-state index contributed by atoms with van der Waals surface area (Å²) in [5.74, 6) is 0.323. The number of para-hydroxylation sites is 2. The number of nitrogens with zero attached hydrogens (tertiary/aromatic N) is 1. The van der Waals surface area contributed by atoms with Gasteiger partial charge in [0.2, 0.25) is 11.8 Å². The highest BCUT2D eigenvalue weighted by molar-refractivity contribution is 5.94. The molecule has 0 radical (unpaired) electrons. The number of carbonyl (C=O) groups excluding carboxylic acids is 2. The average molecular weight is 383 g/mol. The standard InChI is InChI=1S/C22H29N3O3/c1-4-14-25(15-21(26)23-17(2)18-10-6-5-7-11-18)16-22(27)24-19-12-8-9-13-20(19)28-3/h5-13,17H,4,14-16H2,1-3H3,(H,23,26)(H,24,27). The number of nitrogens with one attached hydrogen (secondary N) is 2. The summed E-state index contributed by atoms with van der Waals surface area (Å²) >= 11 is 0. The molecule has 2 aromatic rings. The van der Waals surface area contributed by atoms with Gasteiger partial charge in [-0.25, -0.2) is 0 Å². The van der Waals surface area contributed by atoms with Crippen molar-refractivity contribution in [3.05, 3.63) is 60.2 Å². The second-order valence-corrected chi connectivity index (χ2v) is 6.66. The molecule has 0 saturated heterocycles. The van der Waals surface area contributed by atoms with Crippen molar-refractivity contribution in [1.82, 2.24) is 10.2 Å². The van der Waals surface area contributed by atoms with E-state index in [1.165, 1.54) is 0 Å². The number of hydrogen-bond donors (Lipinski definition) is 2. The van der Waals surface area contributed by atoms with E-state index in [4.69, 9.17) is 4.74 Å². The van der Waals surface area contributed by atoms with Gasteiger partial charge in [0.1, 0.15) is 5.75 Å². The van der Waals surface area contributed by atoms with Gasteiger partial charge in [-0.15, -0.1) is 0 Å². The second kappa shape index (κ2) is 11.1. The second-order valence-electron chi connectivity index (χ2n) is 6.66. The minimum Gasteiger partial charge on any atom is -0.495 e. The van der Waals surface area contributed by atoms with E-state index >= 15 is 0 Å². The number of amides is 2. The van der Waals surface area contributed by atoms with Crippen molar-refractivity contribution in [2.24, 2.45) is 0 Å². The van der Waals surface area contributed by atoms with Crippen LogP contribution in [0.3, 0.4) is 0 Å². The van der Waals surface area contributed by atoms with Gasteiger partial charge < -0.3 is 15.4 Å². The molecule has 0 aliphatic carbocycles. The van der Waals surface area contributed by atoms with Gasteiger partial charge in [-0.1, -0.05) is 49.4 Å². The Labute approximate surface area is 166 Å². The number of methoxy groups -OCH3 is 1. The van der Waals surface area contributed by atoms with Crippen LogP contribution in [0.5, 0.6) is 5.75 Å². The van der Waals surface area contributed by atoms with Crippen molar-refractivity contribution >= 4 is 17.5 Å². The van der Waals surface area contributed by atoms with Gasteiger partial charge in [-0.05, 0) is 37.6 Å². The molecule has 0 heterocycles. The Balaban J connectivity index is 1.91. The SMILES string of the molecule is CCCN(CC(=O)Nc1ccccc1OC)CC(=O)NC(C)c1ccccc1. The van der Waals surface area contributed by atoms with Crippen molar-refractivity contribution in [1.29, 1.82) is 0 Å². The molecular weight excluding hydrogens is 354 g/mol. The maximum absolute atomic E-state index is 12.5. The minimum absolute atomic E-state index is 0.0837. The highest BCUT2D eigenvalue weighted by atomic mass is 16.5. The molecule has 0 aromatic heterocycles. The summed E-state index contributed by atoms with van der Waals surface area (Å²) in [5, 5.41) is 5.85. The largest absolute Gasteiger partial charge is 0.495 e. The summed E-state index contributed by atoms with van der Waals surface area (Å²) in [4.78, 5) is 26.7. The molecule has 2 rings (SSSR count). The van der Waals surface area contributed by atoms with Crippen molar-refractivity contribution in [2.75, 3.05) is 32.1 Å². The van der Waals surface area contributed by atoms with Crippen LogP contribution in [0.4, 0.5) is 5.69 Å². The lowest BCUT2D eigenvalue weighted by Crippen LogP contribution is -2.42. The molecule has 1 unspecified atom stereocenters. The molecule has 6 nitrogen and oxygen atoms in total. The topological polar surface area (TPSA) is 70.7 Å². The lowest BCUT2D eigenvalue weighted by Gasteiger charge is -2.22. The number of ether oxygens (including phenoxy) is 1. The van der Waals surface area contributed by atoms with Crippen LogP contribution in [0.1, 0.15) is 31.9 Å². The van der Waals surface area contributed by atoms with Gasteiger partial charge in [0.25, 0.3) is 0 Å². The van der Waals surface area contributed by atoms with E-state index in [1.807, 2.05) is 61.2 Å². The van der Waals surface area contributed by atoms with Crippen LogP contribution in [0.25, 0.3) is 0 Å². The van der Waals surface area contributed by atoms with Gasteiger partial charge >= 0.3 is 0 Å². The fraction of sp³-hybridized carbons (Fsp3) is 0.364. The van der Waals surface area contributed by atoms with E-state index in [9.17, 15) is 9.59 Å². The molecule has 2 N–H and O–H groups in total. The first-order chi connectivity index (χ1) is 13.5. The van der Waals surface area contributed by atoms with Crippen molar-refractivity contribution in [3.8, 4) is 5.75 Å². The summed E-state index contributed by atoms with van der Waals surface area (Å²) in [6.45, 7) is 4.94. The van der Waals surface area contributed by atoms with Crippen LogP contribution in [0, 0.1) is 0 Å². The Morgan fingerprint density at radius 3 is 2.32 bits per heavy atom. The molecule has 2 aromatic carbocycles. The smallest absolute Gasteiger partial charge is 0.238 e. The molecule has 0 spiro atoms. The van der Waals surface area contributed by atoms with E-state index in [0.29, 0.717) is 18.0 Å². The predicted molar refractivity (Wildman–Crippen MR) is 111 cm³/mol. The molecule has 2 amide bonds. The molecule has 0 aliphatic heterocycles. The third-order valence-electron chi connectivity index (χ3n) is 4.33. The molecule has 6 heteroatoms. The summed E-state index contributed by atoms with van der Waals surface area (Å²) in [5.41, 5.74) is 1.67. The maximum Gasteiger partial charge on any atom is 0.238 e. The van der Waals surface area contributed by atoms with Crippen molar-refractivity contribution in [2.45, 2.75) is 26.3 Å². The molecule has 0 bridgehead atoms. The third kappa shape index (κ3) is 6.70. The van der Waals surface area contributed by atoms with E-state index in [-0.39, 0.29) is 30.9 Å². The quantitative estimate of drug-likeness (QED) is 0.661. The van der Waals surface area contributed by atoms with E-state index in [0.717, 1.165) is 12.0 Å². The Hall–Kier alpha value is -2.86. The number of carbonyl (C=O) groups is 2. The van der Waals surface area contributed by atoms with Gasteiger partial charge in [-0.3, -0.25) is 14.5 Å². The minimum atomic E-state index is -0.179. The maximum atomic E-state index is 12.5. The molecule has 1 atom stereocenters. The molecule has 0 aliphatic rings. The molecule has 0 fully saturated rings. The Morgan fingerprint density at radius 1 is 1.00 bits per heavy atom. The summed E-state index contributed by atoms with van der Waals surface area (Å²) in [6.07, 6.45) is 0.851. The number of anilines is 1. The average Bonchev–Trinajstić information content (AvgIpc) is 2.69. The van der Waals surface area contributed by atoms with E-state index in [1.54, 1.807) is 19.2 Å². The van der Waals surface area contributed by atoms with Gasteiger partial charge in [0.15, 0.2) is 0 Å². The van der Waals surface area contributed by atoms with Crippen LogP contribution in [0.15, 0.2) is 54.6 Å². The summed E-state index contributed by atoms with van der Waals surface area (Å²) in [6, 6.07) is 17.0. The number of hydrogen-bond acceptors (Lipinski definition) is 4. The number of benzene rings is 2. The Kier molecular flexibility index (Phi) is 8.49. The van der Waals surface area contributed by atoms with Crippen molar-refractivity contribution < 1.29 is 14.3 Å². The normalized spacial score (nSPS) is 11.7. The first kappa shape index (κ1) is 21.4. The van der Waals surface area contributed by atoms with E-state index in [2.05, 4.69) is 10.6 Å². The van der Waals surface area contributed by atoms with Crippen molar-refractivity contribution in [3.63, 3.8) is 0 Å². The molecular formula is C22H29N3O3. The Morgan fingerprint density at radius 2 is 1.64 bits per heavy atom. The van der Waals surface area contributed by atoms with Crippen LogP contribution >= 0.6 is 0 Å². The van der Waals surface area contributed by atoms with Crippen LogP contribution in [0.2, 0.25) is 0 Å². The predicted octanol–water partition coefficient (Wildman–Crippen LogP) is 3.22.